The molecule has 0 unspecified atom stereocenters. The lowest BCUT2D eigenvalue weighted by Crippen LogP contribution is -2.60. The van der Waals surface area contributed by atoms with Crippen molar-refractivity contribution in [3.05, 3.63) is 17.1 Å². The number of cyclic esters (lactones) is 1. The molecule has 3 aliphatic rings. The third kappa shape index (κ3) is 9.34. The Balaban J connectivity index is 2.32. The smallest absolute Gasteiger partial charge is 0.387 e. The number of likely N-dealkylation sites (N-methyl/N-ethyl adjacent to an activating group) is 1. The molecule has 0 amide bonds. The summed E-state index contributed by atoms with van der Waals surface area (Å²) in [6.07, 6.45) is -5.00. The average Bonchev–Trinajstić information content (AvgIpc) is 3.03. The van der Waals surface area contributed by atoms with Crippen LogP contribution in [-0.4, -0.2) is 125 Å². The number of hydrogen-bond donors (Lipinski definition) is 2. The summed E-state index contributed by atoms with van der Waals surface area (Å²) in [4.78, 5) is 54.3. The monoisotopic (exact) mass is 712 g/mol. The molecule has 3 fully saturated rings. The Morgan fingerprint density at radius 2 is 1.76 bits per heavy atom. The molecule has 284 valence electrons. The molecule has 0 aromatic carbocycles. The molecule has 3 aliphatic heterocycles. The summed E-state index contributed by atoms with van der Waals surface area (Å²) in [6.45, 7) is 18.6. The van der Waals surface area contributed by atoms with Crippen LogP contribution in [-0.2, 0) is 42.8 Å². The van der Waals surface area contributed by atoms with Crippen molar-refractivity contribution in [2.24, 2.45) is 28.8 Å². The molecule has 50 heavy (non-hydrogen) atoms. The summed E-state index contributed by atoms with van der Waals surface area (Å²) >= 11 is 0. The second-order valence-electron chi connectivity index (χ2n) is 14.9. The minimum absolute atomic E-state index is 0.0504. The molecule has 2 bridgehead atoms. The van der Waals surface area contributed by atoms with Gasteiger partial charge < -0.3 is 38.4 Å². The molecule has 3 rings (SSSR count). The van der Waals surface area contributed by atoms with E-state index in [0.29, 0.717) is 12.0 Å². The van der Waals surface area contributed by atoms with Crippen molar-refractivity contribution in [1.82, 2.24) is 4.90 Å². The van der Waals surface area contributed by atoms with E-state index in [-0.39, 0.29) is 43.9 Å². The lowest BCUT2D eigenvalue weighted by Gasteiger charge is -2.48. The third-order valence-corrected chi connectivity index (χ3v) is 10.4. The fourth-order valence-electron chi connectivity index (χ4n) is 7.79. The molecule has 0 saturated carbocycles. The highest BCUT2D eigenvalue weighted by Crippen LogP contribution is 2.40. The number of ketones is 1. The van der Waals surface area contributed by atoms with Crippen molar-refractivity contribution < 1.29 is 58.2 Å². The van der Waals surface area contributed by atoms with Gasteiger partial charge in [-0.3, -0.25) is 14.4 Å². The van der Waals surface area contributed by atoms with Gasteiger partial charge in [0.25, 0.3) is 0 Å². The maximum absolute atomic E-state index is 14.3. The van der Waals surface area contributed by atoms with E-state index in [9.17, 15) is 29.6 Å². The third-order valence-electron chi connectivity index (χ3n) is 10.4. The Hall–Kier alpha value is -2.82. The molecule has 3 heterocycles. The minimum atomic E-state index is -1.85. The quantitative estimate of drug-likeness (QED) is 0.177. The van der Waals surface area contributed by atoms with E-state index in [1.165, 1.54) is 20.8 Å². The normalized spacial score (nSPS) is 41.9. The molecule has 0 aliphatic carbocycles. The van der Waals surface area contributed by atoms with Crippen LogP contribution in [0.3, 0.4) is 0 Å². The van der Waals surface area contributed by atoms with Crippen LogP contribution in [0.2, 0.25) is 0 Å². The standard InChI is InChI=1S/C35H58N3O12/c1-13-26-35(10,42)31-21(5)27(36-38(43)44)19(3)15-34(9,46-17-18(2)16-45-31)30(22(6)28(40)23(7)32(41)49-26)50-33-29(48-24(8)39)25(37(11)12)14-20(4)47-33/h19-23,25-26,29-31,33,42H,2,13-17H2,1,3-12H3,(H,43,44)/q+1/b36-27+/t19-,20-,21+,22+,23-,25+,26-,29-,30-,31-,33+,34-,35-/m1/s1. The van der Waals surface area contributed by atoms with E-state index in [1.807, 2.05) is 25.9 Å². The summed E-state index contributed by atoms with van der Waals surface area (Å²) in [5.74, 6) is -5.68. The summed E-state index contributed by atoms with van der Waals surface area (Å²) in [5.41, 5.74) is -2.59. The van der Waals surface area contributed by atoms with Gasteiger partial charge in [-0.15, -0.1) is 0 Å². The minimum Gasteiger partial charge on any atom is -0.459 e. The van der Waals surface area contributed by atoms with Crippen LogP contribution in [0.1, 0.15) is 81.6 Å². The Morgan fingerprint density at radius 3 is 2.32 bits per heavy atom. The van der Waals surface area contributed by atoms with Crippen molar-refractivity contribution in [2.75, 3.05) is 27.3 Å². The average molecular weight is 713 g/mol. The van der Waals surface area contributed by atoms with Crippen LogP contribution in [0.15, 0.2) is 17.3 Å². The number of carbonyl (C=O) groups excluding carboxylic acids is 3. The SMILES string of the molecule is C=C1CO[C@@H]2[C@@H](C)/C(=N/[N+](=O)O)[C@H](C)C[C@@](C)(OC1)[C@H](O[C@@H]1O[C@H](C)C[C@H](N(C)C)[C@H]1OC(C)=O)[C@@H](C)C(=O)[C@@H](C)C(=O)O[C@H](CC)[C@@]2(C)O. The number of fused-ring (bicyclic) bond motifs is 5. The molecule has 13 atom stereocenters. The molecule has 0 spiro atoms. The molecular formula is C35H58N3O12+. The first-order valence-electron chi connectivity index (χ1n) is 17.4. The summed E-state index contributed by atoms with van der Waals surface area (Å²) < 4.78 is 37.6. The highest BCUT2D eigenvalue weighted by atomic mass is 16.7. The molecule has 2 N–H and O–H groups in total. The molecule has 0 radical (unpaired) electrons. The highest BCUT2D eigenvalue weighted by molar-refractivity contribution is 6.00. The lowest BCUT2D eigenvalue weighted by molar-refractivity contribution is -0.796. The van der Waals surface area contributed by atoms with Crippen molar-refractivity contribution >= 4 is 23.4 Å². The second-order valence-corrected chi connectivity index (χ2v) is 14.9. The van der Waals surface area contributed by atoms with Gasteiger partial charge >= 0.3 is 17.0 Å². The number of Topliss-reactive ketones (excluding diaryl/α,β-unsaturated/α-hetero) is 1. The zero-order valence-electron chi connectivity index (χ0n) is 31.4. The Bertz CT molecular complexity index is 1300. The maximum atomic E-state index is 14.3. The van der Waals surface area contributed by atoms with E-state index >= 15 is 0 Å². The van der Waals surface area contributed by atoms with Gasteiger partial charge in [0.05, 0.1) is 48.3 Å². The number of nitrogens with zero attached hydrogens (tertiary/aromatic N) is 3. The molecular weight excluding hydrogens is 654 g/mol. The van der Waals surface area contributed by atoms with Gasteiger partial charge in [0.15, 0.2) is 18.2 Å². The fraction of sp³-hybridized carbons (Fsp3) is 0.829. The summed E-state index contributed by atoms with van der Waals surface area (Å²) in [6, 6.07) is -0.300. The van der Waals surface area contributed by atoms with Crippen molar-refractivity contribution in [1.29, 1.82) is 0 Å². The Labute approximate surface area is 295 Å². The zero-order valence-corrected chi connectivity index (χ0v) is 31.4. The van der Waals surface area contributed by atoms with Crippen LogP contribution >= 0.6 is 0 Å². The number of carbonyl (C=O) groups is 3. The van der Waals surface area contributed by atoms with Gasteiger partial charge in [-0.1, -0.05) is 34.3 Å². The van der Waals surface area contributed by atoms with Crippen LogP contribution in [0, 0.1) is 28.6 Å². The van der Waals surface area contributed by atoms with E-state index in [1.54, 1.807) is 34.6 Å². The zero-order chi connectivity index (χ0) is 37.9. The molecule has 0 aromatic rings. The van der Waals surface area contributed by atoms with E-state index in [0.717, 1.165) is 0 Å². The Morgan fingerprint density at radius 1 is 1.12 bits per heavy atom. The van der Waals surface area contributed by atoms with Gasteiger partial charge in [0, 0.05) is 24.7 Å². The van der Waals surface area contributed by atoms with Gasteiger partial charge in [-0.25, -0.2) is 5.21 Å². The second kappa shape index (κ2) is 16.7. The maximum Gasteiger partial charge on any atom is 0.387 e. The fourth-order valence-corrected chi connectivity index (χ4v) is 7.79. The summed E-state index contributed by atoms with van der Waals surface area (Å²) in [7, 11) is 3.72. The topological polar surface area (TPSA) is 183 Å². The molecule has 3 saturated heterocycles. The van der Waals surface area contributed by atoms with E-state index in [2.05, 4.69) is 11.7 Å². The van der Waals surface area contributed by atoms with Gasteiger partial charge in [-0.05, 0) is 66.6 Å². The van der Waals surface area contributed by atoms with Crippen molar-refractivity contribution in [3.8, 4) is 0 Å². The van der Waals surface area contributed by atoms with E-state index < -0.39 is 88.3 Å². The number of aliphatic hydroxyl groups is 1. The van der Waals surface area contributed by atoms with Crippen molar-refractivity contribution in [3.63, 3.8) is 0 Å². The number of ether oxygens (including phenoxy) is 6. The van der Waals surface area contributed by atoms with Gasteiger partial charge in [-0.2, -0.15) is 0 Å². The van der Waals surface area contributed by atoms with Crippen LogP contribution in [0.5, 0.6) is 0 Å². The number of hydrogen-bond acceptors (Lipinski definition) is 12. The number of esters is 2. The molecule has 0 aromatic heterocycles. The summed E-state index contributed by atoms with van der Waals surface area (Å²) in [5, 5.41) is 25.3. The first-order valence-corrected chi connectivity index (χ1v) is 17.4. The van der Waals surface area contributed by atoms with Crippen LogP contribution in [0.4, 0.5) is 0 Å². The highest BCUT2D eigenvalue weighted by Gasteiger charge is 2.54. The number of rotatable bonds is 6. The predicted molar refractivity (Wildman–Crippen MR) is 180 cm³/mol. The van der Waals surface area contributed by atoms with Crippen LogP contribution < -0.4 is 0 Å². The first-order chi connectivity index (χ1) is 23.1. The largest absolute Gasteiger partial charge is 0.459 e. The lowest BCUT2D eigenvalue weighted by atomic mass is 9.74. The molecule has 15 heteroatoms. The van der Waals surface area contributed by atoms with Gasteiger partial charge in [0.2, 0.25) is 0 Å². The predicted octanol–water partition coefficient (Wildman–Crippen LogP) is 3.21. The first kappa shape index (κ1) is 41.6. The van der Waals surface area contributed by atoms with Crippen LogP contribution in [0.25, 0.3) is 0 Å². The van der Waals surface area contributed by atoms with Gasteiger partial charge in [0.1, 0.15) is 28.2 Å². The molecule has 15 nitrogen and oxygen atoms in total. The number of hydrazone groups is 1. The Kier molecular flexibility index (Phi) is 13.9. The van der Waals surface area contributed by atoms with E-state index in [4.69, 9.17) is 28.4 Å². The van der Waals surface area contributed by atoms with Crippen molar-refractivity contribution in [2.45, 2.75) is 136 Å².